The van der Waals surface area contributed by atoms with Crippen LogP contribution in [0.1, 0.15) is 55.7 Å². The predicted octanol–water partition coefficient (Wildman–Crippen LogP) is 7.25. The maximum absolute atomic E-state index is 6.54. The molecule has 0 radical (unpaired) electrons. The fourth-order valence-corrected chi connectivity index (χ4v) is 9.66. The summed E-state index contributed by atoms with van der Waals surface area (Å²) in [6.07, 6.45) is 12.8. The summed E-state index contributed by atoms with van der Waals surface area (Å²) in [6, 6.07) is 17.7. The molecule has 1 aliphatic heterocycles. The third kappa shape index (κ3) is 5.82. The van der Waals surface area contributed by atoms with Gasteiger partial charge < -0.3 is 4.74 Å². The monoisotopic (exact) mass is 383 g/mol. The zero-order chi connectivity index (χ0) is 19.1. The van der Waals surface area contributed by atoms with Crippen molar-refractivity contribution in [1.82, 2.24) is 0 Å². The second-order valence-corrected chi connectivity index (χ2v) is 12.8. The molecule has 0 bridgehead atoms. The van der Waals surface area contributed by atoms with Crippen molar-refractivity contribution >= 4 is 7.26 Å². The van der Waals surface area contributed by atoms with Gasteiger partial charge in [0.05, 0.1) is 24.6 Å². The van der Waals surface area contributed by atoms with Crippen molar-refractivity contribution in [3.05, 3.63) is 65.2 Å². The largest absolute Gasteiger partial charge is 0.486 e. The maximum atomic E-state index is 6.54. The van der Waals surface area contributed by atoms with E-state index < -0.39 is 7.26 Å². The molecule has 27 heavy (non-hydrogen) atoms. The topological polar surface area (TPSA) is 9.23 Å². The normalized spacial score (nSPS) is 18.3. The number of benzene rings is 2. The fourth-order valence-electron chi connectivity index (χ4n) is 4.68. The van der Waals surface area contributed by atoms with E-state index in [1.807, 2.05) is 0 Å². The van der Waals surface area contributed by atoms with Gasteiger partial charge in [-0.25, -0.2) is 0 Å². The van der Waals surface area contributed by atoms with Crippen molar-refractivity contribution in [2.45, 2.75) is 65.1 Å². The molecule has 1 nitrogen and oxygen atoms in total. The number of hydrogen-bond acceptors (Lipinski definition) is 1. The van der Waals surface area contributed by atoms with E-state index in [0.717, 1.165) is 5.75 Å². The van der Waals surface area contributed by atoms with Crippen LogP contribution in [0.5, 0.6) is 5.75 Å². The molecule has 1 fully saturated rings. The van der Waals surface area contributed by atoms with Crippen molar-refractivity contribution in [2.75, 3.05) is 18.5 Å². The van der Waals surface area contributed by atoms with E-state index >= 15 is 0 Å². The maximum Gasteiger partial charge on any atom is 0.129 e. The van der Waals surface area contributed by atoms with Crippen molar-refractivity contribution < 1.29 is 4.74 Å². The quantitative estimate of drug-likeness (QED) is 0.477. The van der Waals surface area contributed by atoms with Crippen molar-refractivity contribution in [3.8, 4) is 5.75 Å². The molecule has 0 aliphatic carbocycles. The third-order valence-corrected chi connectivity index (χ3v) is 10.9. The Morgan fingerprint density at radius 1 is 0.815 bits per heavy atom. The van der Waals surface area contributed by atoms with E-state index in [9.17, 15) is 0 Å². The van der Waals surface area contributed by atoms with Crippen LogP contribution < -0.4 is 4.74 Å². The van der Waals surface area contributed by atoms with Gasteiger partial charge >= 0.3 is 0 Å². The second kappa shape index (κ2) is 9.74. The highest BCUT2D eigenvalue weighted by Crippen LogP contribution is 2.63. The van der Waals surface area contributed by atoms with Crippen LogP contribution in [0.2, 0.25) is 0 Å². The fraction of sp³-hybridized carbons (Fsp3) is 0.520. The molecule has 1 unspecified atom stereocenters. The summed E-state index contributed by atoms with van der Waals surface area (Å²) in [5.41, 5.74) is 4.05. The van der Waals surface area contributed by atoms with E-state index in [4.69, 9.17) is 4.74 Å². The lowest BCUT2D eigenvalue weighted by molar-refractivity contribution is 0.241. The van der Waals surface area contributed by atoms with Crippen LogP contribution in [0.15, 0.2) is 48.5 Å². The van der Waals surface area contributed by atoms with E-state index in [1.54, 1.807) is 0 Å². The molecule has 1 aliphatic rings. The molecule has 0 amide bonds. The lowest BCUT2D eigenvalue weighted by Crippen LogP contribution is -2.25. The molecule has 0 saturated carbocycles. The first-order valence-electron chi connectivity index (χ1n) is 10.7. The molecular formula is C25H36OP+. The predicted molar refractivity (Wildman–Crippen MR) is 121 cm³/mol. The van der Waals surface area contributed by atoms with Crippen LogP contribution in [0, 0.1) is 13.8 Å². The van der Waals surface area contributed by atoms with Crippen LogP contribution in [-0.2, 0) is 6.16 Å². The van der Waals surface area contributed by atoms with Crippen LogP contribution in [-0.4, -0.2) is 24.6 Å². The minimum absolute atomic E-state index is 0.293. The summed E-state index contributed by atoms with van der Waals surface area (Å²) >= 11 is 0. The zero-order valence-electron chi connectivity index (χ0n) is 17.4. The van der Waals surface area contributed by atoms with E-state index in [-0.39, 0.29) is 0 Å². The highest BCUT2D eigenvalue weighted by atomic mass is 31.2. The third-order valence-electron chi connectivity index (χ3n) is 6.00. The van der Waals surface area contributed by atoms with Gasteiger partial charge in [-0.3, -0.25) is 0 Å². The lowest BCUT2D eigenvalue weighted by atomic mass is 10.1. The highest BCUT2D eigenvalue weighted by molar-refractivity contribution is 7.75. The van der Waals surface area contributed by atoms with Gasteiger partial charge in [-0.2, -0.15) is 0 Å². The average molecular weight is 384 g/mol. The van der Waals surface area contributed by atoms with E-state index in [1.165, 1.54) is 73.4 Å². The summed E-state index contributed by atoms with van der Waals surface area (Å²) in [5.74, 6) is 1.11. The summed E-state index contributed by atoms with van der Waals surface area (Å²) in [7, 11) is -1.03. The highest BCUT2D eigenvalue weighted by Gasteiger charge is 2.39. The van der Waals surface area contributed by atoms with Crippen molar-refractivity contribution in [3.63, 3.8) is 0 Å². The minimum Gasteiger partial charge on any atom is -0.486 e. The molecule has 0 spiro atoms. The Balaban J connectivity index is 1.77. The summed E-state index contributed by atoms with van der Waals surface area (Å²) in [4.78, 5) is 0. The molecule has 146 valence electrons. The second-order valence-electron chi connectivity index (χ2n) is 8.53. The number of hydrogen-bond donors (Lipinski definition) is 0. The van der Waals surface area contributed by atoms with Crippen molar-refractivity contribution in [2.24, 2.45) is 0 Å². The van der Waals surface area contributed by atoms with Crippen LogP contribution in [0.3, 0.4) is 0 Å². The molecule has 1 heterocycles. The van der Waals surface area contributed by atoms with Crippen LogP contribution in [0.4, 0.5) is 0 Å². The smallest absolute Gasteiger partial charge is 0.129 e. The first kappa shape index (κ1) is 20.4. The number of aryl methyl sites for hydroxylation is 2. The Morgan fingerprint density at radius 2 is 1.41 bits per heavy atom. The summed E-state index contributed by atoms with van der Waals surface area (Å²) < 4.78 is 6.54. The first-order chi connectivity index (χ1) is 13.1. The molecule has 2 aromatic carbocycles. The van der Waals surface area contributed by atoms with Gasteiger partial charge in [-0.15, -0.1) is 0 Å². The van der Waals surface area contributed by atoms with Gasteiger partial charge in [-0.1, -0.05) is 55.0 Å². The molecular weight excluding hydrogens is 347 g/mol. The Morgan fingerprint density at radius 3 is 2.04 bits per heavy atom. The molecule has 1 saturated heterocycles. The lowest BCUT2D eigenvalue weighted by Gasteiger charge is -2.32. The molecule has 0 N–H and O–H groups in total. The molecule has 2 heteroatoms. The SMILES string of the molecule is Cc1cccc(C)c1OC(C)C[P+]1(Cc2ccccc2)CCCCCCC1. The average Bonchev–Trinajstić information content (AvgIpc) is 2.63. The van der Waals surface area contributed by atoms with Gasteiger partial charge in [0.15, 0.2) is 0 Å². The Kier molecular flexibility index (Phi) is 7.36. The number of ether oxygens (including phenoxy) is 1. The number of rotatable bonds is 6. The van der Waals surface area contributed by atoms with Gasteiger partial charge in [0.1, 0.15) is 11.9 Å². The number of para-hydroxylation sites is 1. The molecule has 0 aromatic heterocycles. The van der Waals surface area contributed by atoms with Gasteiger partial charge in [-0.05, 0) is 63.1 Å². The molecule has 3 rings (SSSR count). The molecule has 2 aromatic rings. The zero-order valence-corrected chi connectivity index (χ0v) is 18.3. The standard InChI is InChI=1S/C25H36OP/c1-21-13-12-14-22(2)25(21)26-23(3)19-27(17-10-5-4-6-11-18-27)20-24-15-8-7-9-16-24/h7-9,12-16,23H,4-6,10-11,17-20H2,1-3H3/q+1. The Hall–Kier alpha value is -1.33. The van der Waals surface area contributed by atoms with E-state index in [2.05, 4.69) is 69.3 Å². The Bertz CT molecular complexity index is 681. The summed E-state index contributed by atoms with van der Waals surface area (Å²) in [6.45, 7) is 6.64. The van der Waals surface area contributed by atoms with Gasteiger partial charge in [0.25, 0.3) is 0 Å². The first-order valence-corrected chi connectivity index (χ1v) is 13.2. The molecule has 1 atom stereocenters. The van der Waals surface area contributed by atoms with Crippen LogP contribution in [0.25, 0.3) is 0 Å². The Labute approximate surface area is 166 Å². The summed E-state index contributed by atoms with van der Waals surface area (Å²) in [5, 5.41) is 0. The minimum atomic E-state index is -1.03. The van der Waals surface area contributed by atoms with Gasteiger partial charge in [0, 0.05) is 7.26 Å². The van der Waals surface area contributed by atoms with Gasteiger partial charge in [0.2, 0.25) is 0 Å². The van der Waals surface area contributed by atoms with Crippen LogP contribution >= 0.6 is 7.26 Å². The van der Waals surface area contributed by atoms with E-state index in [0.29, 0.717) is 6.10 Å². The van der Waals surface area contributed by atoms with Crippen molar-refractivity contribution in [1.29, 1.82) is 0 Å².